The molecule has 2 heterocycles. The van der Waals surface area contributed by atoms with Gasteiger partial charge in [0.2, 0.25) is 5.88 Å². The Morgan fingerprint density at radius 2 is 2.44 bits per heavy atom. The summed E-state index contributed by atoms with van der Waals surface area (Å²) in [6.07, 6.45) is 6.21. The maximum Gasteiger partial charge on any atom is 0.233 e. The van der Waals surface area contributed by atoms with Crippen LogP contribution in [0.3, 0.4) is 0 Å². The molecule has 1 fully saturated rings. The van der Waals surface area contributed by atoms with Crippen LogP contribution in [0.2, 0.25) is 5.02 Å². The SMILES string of the molecule is N#Cc1ccnc(OCCC2CCCCN2)c1Cl. The molecule has 1 atom stereocenters. The third-order valence-corrected chi connectivity index (χ3v) is 3.46. The predicted molar refractivity (Wildman–Crippen MR) is 69.7 cm³/mol. The van der Waals surface area contributed by atoms with E-state index in [0.29, 0.717) is 29.1 Å². The summed E-state index contributed by atoms with van der Waals surface area (Å²) in [5, 5.41) is 12.6. The molecule has 96 valence electrons. The molecule has 1 unspecified atom stereocenters. The largest absolute Gasteiger partial charge is 0.477 e. The van der Waals surface area contributed by atoms with E-state index in [1.165, 1.54) is 19.3 Å². The van der Waals surface area contributed by atoms with Gasteiger partial charge in [0.25, 0.3) is 0 Å². The highest BCUT2D eigenvalue weighted by Crippen LogP contribution is 2.25. The van der Waals surface area contributed by atoms with E-state index < -0.39 is 0 Å². The number of hydrogen-bond acceptors (Lipinski definition) is 4. The van der Waals surface area contributed by atoms with Crippen LogP contribution in [0.4, 0.5) is 0 Å². The van der Waals surface area contributed by atoms with Crippen molar-refractivity contribution in [3.8, 4) is 11.9 Å². The van der Waals surface area contributed by atoms with E-state index in [-0.39, 0.29) is 0 Å². The van der Waals surface area contributed by atoms with Crippen molar-refractivity contribution in [2.75, 3.05) is 13.2 Å². The first-order chi connectivity index (χ1) is 8.81. The number of nitriles is 1. The molecule has 1 saturated heterocycles. The van der Waals surface area contributed by atoms with Crippen molar-refractivity contribution in [1.29, 1.82) is 5.26 Å². The molecule has 1 aliphatic heterocycles. The monoisotopic (exact) mass is 265 g/mol. The quantitative estimate of drug-likeness (QED) is 0.909. The maximum absolute atomic E-state index is 8.84. The zero-order valence-corrected chi connectivity index (χ0v) is 10.9. The normalized spacial score (nSPS) is 19.2. The number of rotatable bonds is 4. The fourth-order valence-corrected chi connectivity index (χ4v) is 2.29. The van der Waals surface area contributed by atoms with Crippen LogP contribution in [0.1, 0.15) is 31.2 Å². The van der Waals surface area contributed by atoms with Crippen molar-refractivity contribution >= 4 is 11.6 Å². The highest BCUT2D eigenvalue weighted by Gasteiger charge is 2.13. The molecule has 0 aromatic carbocycles. The van der Waals surface area contributed by atoms with Crippen LogP contribution in [-0.2, 0) is 0 Å². The van der Waals surface area contributed by atoms with Gasteiger partial charge < -0.3 is 10.1 Å². The lowest BCUT2D eigenvalue weighted by Gasteiger charge is -2.23. The Morgan fingerprint density at radius 3 is 3.17 bits per heavy atom. The average molecular weight is 266 g/mol. The van der Waals surface area contributed by atoms with Gasteiger partial charge in [0.1, 0.15) is 11.1 Å². The molecule has 5 heteroatoms. The van der Waals surface area contributed by atoms with Crippen LogP contribution in [-0.4, -0.2) is 24.2 Å². The summed E-state index contributed by atoms with van der Waals surface area (Å²) in [6, 6.07) is 4.12. The minimum atomic E-state index is 0.302. The smallest absolute Gasteiger partial charge is 0.233 e. The molecule has 0 bridgehead atoms. The van der Waals surface area contributed by atoms with Gasteiger partial charge in [-0.25, -0.2) is 4.98 Å². The molecule has 0 radical (unpaired) electrons. The Morgan fingerprint density at radius 1 is 1.56 bits per heavy atom. The number of piperidine rings is 1. The second-order valence-electron chi connectivity index (χ2n) is 4.37. The van der Waals surface area contributed by atoms with E-state index >= 15 is 0 Å². The van der Waals surface area contributed by atoms with Crippen LogP contribution in [0.15, 0.2) is 12.3 Å². The minimum Gasteiger partial charge on any atom is -0.477 e. The molecular weight excluding hydrogens is 250 g/mol. The lowest BCUT2D eigenvalue weighted by Crippen LogP contribution is -2.35. The van der Waals surface area contributed by atoms with Crippen molar-refractivity contribution in [1.82, 2.24) is 10.3 Å². The van der Waals surface area contributed by atoms with Gasteiger partial charge in [-0.1, -0.05) is 18.0 Å². The molecule has 0 amide bonds. The van der Waals surface area contributed by atoms with E-state index in [1.54, 1.807) is 12.3 Å². The Bertz CT molecular complexity index is 438. The fourth-order valence-electron chi connectivity index (χ4n) is 2.08. The van der Waals surface area contributed by atoms with Crippen LogP contribution < -0.4 is 10.1 Å². The number of pyridine rings is 1. The predicted octanol–water partition coefficient (Wildman–Crippen LogP) is 2.52. The molecule has 0 saturated carbocycles. The summed E-state index contributed by atoms with van der Waals surface area (Å²) in [5.74, 6) is 0.353. The maximum atomic E-state index is 8.84. The summed E-state index contributed by atoms with van der Waals surface area (Å²) in [6.45, 7) is 1.66. The summed E-state index contributed by atoms with van der Waals surface area (Å²) in [5.41, 5.74) is 0.400. The average Bonchev–Trinajstić information content (AvgIpc) is 2.42. The summed E-state index contributed by atoms with van der Waals surface area (Å²) < 4.78 is 5.55. The first-order valence-corrected chi connectivity index (χ1v) is 6.60. The van der Waals surface area contributed by atoms with Gasteiger partial charge in [0, 0.05) is 12.2 Å². The van der Waals surface area contributed by atoms with Crippen LogP contribution in [0.5, 0.6) is 5.88 Å². The molecular formula is C13H16ClN3O. The number of aromatic nitrogens is 1. The first-order valence-electron chi connectivity index (χ1n) is 6.22. The van der Waals surface area contributed by atoms with Gasteiger partial charge in [-0.15, -0.1) is 0 Å². The zero-order chi connectivity index (χ0) is 12.8. The van der Waals surface area contributed by atoms with E-state index in [9.17, 15) is 0 Å². The molecule has 1 aromatic rings. The Labute approximate surface area is 112 Å². The summed E-state index contributed by atoms with van der Waals surface area (Å²) >= 11 is 6.00. The minimum absolute atomic E-state index is 0.302. The van der Waals surface area contributed by atoms with Gasteiger partial charge in [-0.3, -0.25) is 0 Å². The lowest BCUT2D eigenvalue weighted by molar-refractivity contribution is 0.261. The molecule has 0 aliphatic carbocycles. The number of nitrogens with one attached hydrogen (secondary N) is 1. The van der Waals surface area contributed by atoms with Gasteiger partial charge in [-0.2, -0.15) is 5.26 Å². The first kappa shape index (κ1) is 13.1. The molecule has 0 spiro atoms. The number of ether oxygens (including phenoxy) is 1. The van der Waals surface area contributed by atoms with Gasteiger partial charge in [-0.05, 0) is 31.9 Å². The van der Waals surface area contributed by atoms with Gasteiger partial charge in [0.15, 0.2) is 0 Å². The third kappa shape index (κ3) is 3.34. The van der Waals surface area contributed by atoms with E-state index in [4.69, 9.17) is 21.6 Å². The summed E-state index contributed by atoms with van der Waals surface area (Å²) in [4.78, 5) is 4.04. The molecule has 18 heavy (non-hydrogen) atoms. The summed E-state index contributed by atoms with van der Waals surface area (Å²) in [7, 11) is 0. The van der Waals surface area contributed by atoms with Crippen LogP contribution in [0.25, 0.3) is 0 Å². The van der Waals surface area contributed by atoms with E-state index in [1.807, 2.05) is 6.07 Å². The fraction of sp³-hybridized carbons (Fsp3) is 0.538. The second kappa shape index (κ2) is 6.58. The molecule has 1 aromatic heterocycles. The molecule has 1 N–H and O–H groups in total. The highest BCUT2D eigenvalue weighted by atomic mass is 35.5. The topological polar surface area (TPSA) is 57.9 Å². The number of halogens is 1. The number of hydrogen-bond donors (Lipinski definition) is 1. The highest BCUT2D eigenvalue weighted by molar-refractivity contribution is 6.32. The second-order valence-corrected chi connectivity index (χ2v) is 4.75. The van der Waals surface area contributed by atoms with Crippen molar-refractivity contribution in [3.63, 3.8) is 0 Å². The standard InChI is InChI=1S/C13H16ClN3O/c14-12-10(9-15)4-7-17-13(12)18-8-5-11-3-1-2-6-16-11/h4,7,11,16H,1-3,5-6,8H2. The van der Waals surface area contributed by atoms with Crippen molar-refractivity contribution < 1.29 is 4.74 Å². The van der Waals surface area contributed by atoms with Crippen LogP contribution >= 0.6 is 11.6 Å². The Kier molecular flexibility index (Phi) is 4.80. The zero-order valence-electron chi connectivity index (χ0n) is 10.2. The van der Waals surface area contributed by atoms with Crippen molar-refractivity contribution in [2.45, 2.75) is 31.7 Å². The van der Waals surface area contributed by atoms with Gasteiger partial charge >= 0.3 is 0 Å². The molecule has 2 rings (SSSR count). The Hall–Kier alpha value is -1.31. The number of nitrogens with zero attached hydrogens (tertiary/aromatic N) is 2. The third-order valence-electron chi connectivity index (χ3n) is 3.10. The molecule has 4 nitrogen and oxygen atoms in total. The van der Waals surface area contributed by atoms with E-state index in [0.717, 1.165) is 13.0 Å². The van der Waals surface area contributed by atoms with Crippen molar-refractivity contribution in [3.05, 3.63) is 22.8 Å². The molecule has 1 aliphatic rings. The lowest BCUT2D eigenvalue weighted by atomic mass is 10.0. The van der Waals surface area contributed by atoms with Crippen LogP contribution in [0, 0.1) is 11.3 Å². The van der Waals surface area contributed by atoms with Gasteiger partial charge in [0.05, 0.1) is 12.2 Å². The Balaban J connectivity index is 1.84. The van der Waals surface area contributed by atoms with E-state index in [2.05, 4.69) is 10.3 Å². The van der Waals surface area contributed by atoms with Crippen molar-refractivity contribution in [2.24, 2.45) is 0 Å².